The third kappa shape index (κ3) is 2.92. The number of nitrogens with zero attached hydrogens (tertiary/aromatic N) is 2. The zero-order chi connectivity index (χ0) is 17.3. The lowest BCUT2D eigenvalue weighted by Crippen LogP contribution is -2.45. The van der Waals surface area contributed by atoms with E-state index >= 15 is 0 Å². The van der Waals surface area contributed by atoms with Crippen LogP contribution in [0.4, 0.5) is 15.8 Å². The number of hydrogen-bond acceptors (Lipinski definition) is 4. The van der Waals surface area contributed by atoms with Crippen LogP contribution in [0.5, 0.6) is 5.75 Å². The number of rotatable bonds is 4. The number of nitro benzene ring substituents is 1. The number of ether oxygens (including phenoxy) is 1. The quantitative estimate of drug-likeness (QED) is 0.636. The minimum atomic E-state index is -0.639. The lowest BCUT2D eigenvalue weighted by Gasteiger charge is -2.34. The molecule has 1 atom stereocenters. The minimum absolute atomic E-state index is 0.121. The molecule has 1 amide bonds. The molecule has 1 unspecified atom stereocenters. The zero-order valence-electron chi connectivity index (χ0n) is 12.9. The Hall–Kier alpha value is -2.96. The maximum atomic E-state index is 13.1. The Morgan fingerprint density at radius 3 is 2.58 bits per heavy atom. The number of fused-ring (bicyclic) bond motifs is 1. The van der Waals surface area contributed by atoms with Crippen molar-refractivity contribution in [2.45, 2.75) is 26.0 Å². The molecule has 0 radical (unpaired) electrons. The van der Waals surface area contributed by atoms with Gasteiger partial charge in [-0.05, 0) is 30.2 Å². The fourth-order valence-corrected chi connectivity index (χ4v) is 2.62. The molecule has 0 aliphatic carbocycles. The standard InChI is InChI=1S/C17H15FN2O4/c1-2-15-17(21)19(10-11-3-5-12(18)6-4-11)14-9-13(20(22)23)7-8-16(14)24-15/h3-9,15H,2,10H2,1H3. The number of non-ortho nitro benzene ring substituents is 1. The monoisotopic (exact) mass is 330 g/mol. The zero-order valence-corrected chi connectivity index (χ0v) is 12.9. The van der Waals surface area contributed by atoms with Crippen molar-refractivity contribution in [3.05, 3.63) is 64.0 Å². The van der Waals surface area contributed by atoms with E-state index in [1.807, 2.05) is 6.92 Å². The smallest absolute Gasteiger partial charge is 0.271 e. The molecule has 0 bridgehead atoms. The van der Waals surface area contributed by atoms with Gasteiger partial charge >= 0.3 is 0 Å². The molecule has 2 aromatic carbocycles. The second-order valence-electron chi connectivity index (χ2n) is 5.47. The van der Waals surface area contributed by atoms with Gasteiger partial charge < -0.3 is 9.64 Å². The van der Waals surface area contributed by atoms with Crippen LogP contribution in [-0.2, 0) is 11.3 Å². The molecule has 1 heterocycles. The Kier molecular flexibility index (Phi) is 4.16. The Labute approximate surface area is 137 Å². The molecular weight excluding hydrogens is 315 g/mol. The molecule has 124 valence electrons. The molecule has 0 saturated carbocycles. The first-order valence-corrected chi connectivity index (χ1v) is 7.50. The van der Waals surface area contributed by atoms with Crippen LogP contribution in [0.15, 0.2) is 42.5 Å². The normalized spacial score (nSPS) is 16.5. The van der Waals surface area contributed by atoms with Crippen molar-refractivity contribution in [1.82, 2.24) is 0 Å². The van der Waals surface area contributed by atoms with Crippen LogP contribution in [0.1, 0.15) is 18.9 Å². The van der Waals surface area contributed by atoms with E-state index in [1.54, 1.807) is 12.1 Å². The number of halogens is 1. The highest BCUT2D eigenvalue weighted by Crippen LogP contribution is 2.38. The maximum Gasteiger partial charge on any atom is 0.271 e. The van der Waals surface area contributed by atoms with Gasteiger partial charge in [-0.25, -0.2) is 4.39 Å². The fraction of sp³-hybridized carbons (Fsp3) is 0.235. The number of carbonyl (C=O) groups is 1. The van der Waals surface area contributed by atoms with E-state index in [-0.39, 0.29) is 24.0 Å². The molecule has 7 heteroatoms. The summed E-state index contributed by atoms with van der Waals surface area (Å²) in [4.78, 5) is 24.6. The van der Waals surface area contributed by atoms with Crippen molar-refractivity contribution < 1.29 is 18.8 Å². The van der Waals surface area contributed by atoms with E-state index in [4.69, 9.17) is 4.74 Å². The molecule has 1 aliphatic heterocycles. The van der Waals surface area contributed by atoms with Gasteiger partial charge in [-0.15, -0.1) is 0 Å². The van der Waals surface area contributed by atoms with Gasteiger partial charge in [-0.1, -0.05) is 19.1 Å². The highest BCUT2D eigenvalue weighted by Gasteiger charge is 2.34. The summed E-state index contributed by atoms with van der Waals surface area (Å²) in [5.41, 5.74) is 0.950. The molecule has 24 heavy (non-hydrogen) atoms. The van der Waals surface area contributed by atoms with Crippen LogP contribution in [0.3, 0.4) is 0 Å². The second kappa shape index (κ2) is 6.27. The largest absolute Gasteiger partial charge is 0.478 e. The summed E-state index contributed by atoms with van der Waals surface area (Å²) in [5, 5.41) is 11.0. The van der Waals surface area contributed by atoms with Crippen LogP contribution < -0.4 is 9.64 Å². The lowest BCUT2D eigenvalue weighted by molar-refractivity contribution is -0.384. The first-order valence-electron chi connectivity index (χ1n) is 7.50. The Bertz CT molecular complexity index is 792. The van der Waals surface area contributed by atoms with Crippen molar-refractivity contribution in [2.75, 3.05) is 4.90 Å². The van der Waals surface area contributed by atoms with Gasteiger partial charge in [0.2, 0.25) is 0 Å². The van der Waals surface area contributed by atoms with Gasteiger partial charge in [0.25, 0.3) is 11.6 Å². The summed E-state index contributed by atoms with van der Waals surface area (Å²) < 4.78 is 18.7. The maximum absolute atomic E-state index is 13.1. The first kappa shape index (κ1) is 15.9. The summed E-state index contributed by atoms with van der Waals surface area (Å²) >= 11 is 0. The van der Waals surface area contributed by atoms with E-state index in [0.717, 1.165) is 5.56 Å². The van der Waals surface area contributed by atoms with Gasteiger partial charge in [0, 0.05) is 12.1 Å². The van der Waals surface area contributed by atoms with Gasteiger partial charge in [0.05, 0.1) is 17.2 Å². The van der Waals surface area contributed by atoms with Crippen molar-refractivity contribution in [1.29, 1.82) is 0 Å². The van der Waals surface area contributed by atoms with E-state index < -0.39 is 11.0 Å². The summed E-state index contributed by atoms with van der Waals surface area (Å²) in [6, 6.07) is 9.95. The molecule has 0 N–H and O–H groups in total. The molecular formula is C17H15FN2O4. The molecule has 0 fully saturated rings. The third-order valence-corrected chi connectivity index (χ3v) is 3.88. The summed E-state index contributed by atoms with van der Waals surface area (Å²) in [6.07, 6.45) is -0.158. The first-order chi connectivity index (χ1) is 11.5. The summed E-state index contributed by atoms with van der Waals surface area (Å²) in [5.74, 6) is -0.210. The Morgan fingerprint density at radius 2 is 1.96 bits per heavy atom. The minimum Gasteiger partial charge on any atom is -0.478 e. The number of benzene rings is 2. The van der Waals surface area contributed by atoms with E-state index in [9.17, 15) is 19.3 Å². The average molecular weight is 330 g/mol. The fourth-order valence-electron chi connectivity index (χ4n) is 2.62. The summed E-state index contributed by atoms with van der Waals surface area (Å²) in [7, 11) is 0. The molecule has 0 spiro atoms. The predicted molar refractivity (Wildman–Crippen MR) is 85.4 cm³/mol. The molecule has 6 nitrogen and oxygen atoms in total. The van der Waals surface area contributed by atoms with Crippen LogP contribution >= 0.6 is 0 Å². The molecule has 1 aliphatic rings. The number of amides is 1. The Morgan fingerprint density at radius 1 is 1.25 bits per heavy atom. The topological polar surface area (TPSA) is 72.7 Å². The molecule has 3 rings (SSSR count). The Balaban J connectivity index is 2.02. The van der Waals surface area contributed by atoms with Gasteiger partial charge in [-0.2, -0.15) is 0 Å². The number of hydrogen-bond donors (Lipinski definition) is 0. The van der Waals surface area contributed by atoms with Gasteiger partial charge in [0.15, 0.2) is 6.10 Å². The van der Waals surface area contributed by atoms with Crippen LogP contribution in [0.25, 0.3) is 0 Å². The van der Waals surface area contributed by atoms with E-state index in [2.05, 4.69) is 0 Å². The van der Waals surface area contributed by atoms with Crippen molar-refractivity contribution in [2.24, 2.45) is 0 Å². The van der Waals surface area contributed by atoms with Crippen LogP contribution in [-0.4, -0.2) is 16.9 Å². The van der Waals surface area contributed by atoms with Crippen molar-refractivity contribution in [3.63, 3.8) is 0 Å². The number of anilines is 1. The molecule has 0 aromatic heterocycles. The average Bonchev–Trinajstić information content (AvgIpc) is 2.58. The highest BCUT2D eigenvalue weighted by molar-refractivity contribution is 6.00. The van der Waals surface area contributed by atoms with Crippen molar-refractivity contribution >= 4 is 17.3 Å². The van der Waals surface area contributed by atoms with Crippen LogP contribution in [0.2, 0.25) is 0 Å². The summed E-state index contributed by atoms with van der Waals surface area (Å²) in [6.45, 7) is 2.02. The van der Waals surface area contributed by atoms with E-state index in [1.165, 1.54) is 35.2 Å². The molecule has 2 aromatic rings. The van der Waals surface area contributed by atoms with E-state index in [0.29, 0.717) is 17.9 Å². The lowest BCUT2D eigenvalue weighted by atomic mass is 10.1. The van der Waals surface area contributed by atoms with Gasteiger partial charge in [-0.3, -0.25) is 14.9 Å². The number of carbonyl (C=O) groups excluding carboxylic acids is 1. The van der Waals surface area contributed by atoms with Crippen molar-refractivity contribution in [3.8, 4) is 5.75 Å². The third-order valence-electron chi connectivity index (χ3n) is 3.88. The predicted octanol–water partition coefficient (Wildman–Crippen LogP) is 3.44. The molecule has 0 saturated heterocycles. The van der Waals surface area contributed by atoms with Crippen LogP contribution in [0, 0.1) is 15.9 Å². The number of nitro groups is 1. The second-order valence-corrected chi connectivity index (χ2v) is 5.47. The van der Waals surface area contributed by atoms with Gasteiger partial charge in [0.1, 0.15) is 11.6 Å². The highest BCUT2D eigenvalue weighted by atomic mass is 19.1. The SMILES string of the molecule is CCC1Oc2ccc([N+](=O)[O-])cc2N(Cc2ccc(F)cc2)C1=O.